The second kappa shape index (κ2) is 4.57. The number of rotatable bonds is 3. The Hall–Kier alpha value is -1.16. The Morgan fingerprint density at radius 3 is 3.27 bits per heavy atom. The summed E-state index contributed by atoms with van der Waals surface area (Å²) in [6.45, 7) is 1.79. The van der Waals surface area contributed by atoms with E-state index >= 15 is 0 Å². The first-order chi connectivity index (χ1) is 7.33. The van der Waals surface area contributed by atoms with Crippen molar-refractivity contribution < 1.29 is 4.39 Å². The largest absolute Gasteiger partial charge is 0.350 e. The van der Waals surface area contributed by atoms with Gasteiger partial charge < -0.3 is 10.2 Å². The van der Waals surface area contributed by atoms with Gasteiger partial charge in [0.05, 0.1) is 0 Å². The third-order valence-electron chi connectivity index (χ3n) is 2.83. The van der Waals surface area contributed by atoms with Crippen molar-refractivity contribution in [3.8, 4) is 0 Å². The van der Waals surface area contributed by atoms with Crippen LogP contribution in [-0.2, 0) is 0 Å². The summed E-state index contributed by atoms with van der Waals surface area (Å²) in [5.74, 6) is 0.274. The van der Waals surface area contributed by atoms with Crippen LogP contribution < -0.4 is 10.2 Å². The lowest BCUT2D eigenvalue weighted by atomic mass is 10.2. The van der Waals surface area contributed by atoms with Crippen molar-refractivity contribution in [3.05, 3.63) is 24.1 Å². The molecule has 0 bridgehead atoms. The van der Waals surface area contributed by atoms with Crippen LogP contribution in [0.25, 0.3) is 0 Å². The fourth-order valence-electron chi connectivity index (χ4n) is 2.15. The molecule has 2 heterocycles. The summed E-state index contributed by atoms with van der Waals surface area (Å²) in [4.78, 5) is 6.18. The van der Waals surface area contributed by atoms with Crippen molar-refractivity contribution in [2.24, 2.45) is 0 Å². The van der Waals surface area contributed by atoms with Crippen LogP contribution in [0.4, 0.5) is 10.2 Å². The number of halogens is 1. The molecule has 3 nitrogen and oxygen atoms in total. The molecule has 1 aliphatic rings. The summed E-state index contributed by atoms with van der Waals surface area (Å²) in [5, 5.41) is 3.14. The van der Waals surface area contributed by atoms with Crippen molar-refractivity contribution in [1.82, 2.24) is 10.3 Å². The monoisotopic (exact) mass is 209 g/mol. The van der Waals surface area contributed by atoms with Crippen molar-refractivity contribution >= 4 is 5.82 Å². The minimum Gasteiger partial charge on any atom is -0.350 e. The first kappa shape index (κ1) is 10.4. The summed E-state index contributed by atoms with van der Waals surface area (Å²) in [6.07, 6.45) is 3.87. The van der Waals surface area contributed by atoms with Gasteiger partial charge in [-0.15, -0.1) is 0 Å². The molecule has 1 atom stereocenters. The average Bonchev–Trinajstić information content (AvgIpc) is 2.67. The molecule has 82 valence electrons. The Labute approximate surface area is 89.3 Å². The van der Waals surface area contributed by atoms with E-state index in [1.807, 2.05) is 7.05 Å². The lowest BCUT2D eigenvalue weighted by molar-refractivity contribution is 0.578. The highest BCUT2D eigenvalue weighted by atomic mass is 19.1. The van der Waals surface area contributed by atoms with Crippen molar-refractivity contribution in [1.29, 1.82) is 0 Å². The fourth-order valence-corrected chi connectivity index (χ4v) is 2.15. The molecule has 1 unspecified atom stereocenters. The molecule has 0 aliphatic carbocycles. The summed E-state index contributed by atoms with van der Waals surface area (Å²) < 4.78 is 13.5. The van der Waals surface area contributed by atoms with Gasteiger partial charge in [-0.3, -0.25) is 0 Å². The molecule has 0 aromatic carbocycles. The second-order valence-electron chi connectivity index (χ2n) is 3.86. The Balaban J connectivity index is 2.19. The number of hydrogen-bond donors (Lipinski definition) is 1. The maximum atomic E-state index is 13.5. The Kier molecular flexibility index (Phi) is 3.16. The smallest absolute Gasteiger partial charge is 0.165 e. The predicted molar refractivity (Wildman–Crippen MR) is 58.5 cm³/mol. The lowest BCUT2D eigenvalue weighted by Gasteiger charge is -2.25. The normalized spacial score (nSPS) is 20.9. The van der Waals surface area contributed by atoms with Gasteiger partial charge in [0, 0.05) is 25.3 Å². The van der Waals surface area contributed by atoms with Gasteiger partial charge >= 0.3 is 0 Å². The maximum Gasteiger partial charge on any atom is 0.165 e. The van der Waals surface area contributed by atoms with Crippen LogP contribution in [0.1, 0.15) is 12.8 Å². The molecular formula is C11H16FN3. The van der Waals surface area contributed by atoms with E-state index in [1.165, 1.54) is 6.07 Å². The second-order valence-corrected chi connectivity index (χ2v) is 3.86. The Morgan fingerprint density at radius 2 is 2.53 bits per heavy atom. The topological polar surface area (TPSA) is 28.2 Å². The maximum absolute atomic E-state index is 13.5. The van der Waals surface area contributed by atoms with E-state index in [-0.39, 0.29) is 5.82 Å². The van der Waals surface area contributed by atoms with Crippen LogP contribution in [-0.4, -0.2) is 31.2 Å². The highest BCUT2D eigenvalue weighted by Gasteiger charge is 2.26. The number of pyridine rings is 1. The molecule has 1 saturated heterocycles. The van der Waals surface area contributed by atoms with Gasteiger partial charge in [-0.1, -0.05) is 0 Å². The first-order valence-corrected chi connectivity index (χ1v) is 5.34. The molecule has 0 radical (unpaired) electrons. The van der Waals surface area contributed by atoms with Crippen molar-refractivity contribution in [2.75, 3.05) is 25.0 Å². The molecule has 15 heavy (non-hydrogen) atoms. The lowest BCUT2D eigenvalue weighted by Crippen LogP contribution is -2.37. The van der Waals surface area contributed by atoms with Gasteiger partial charge in [-0.2, -0.15) is 0 Å². The molecule has 1 fully saturated rings. The van der Waals surface area contributed by atoms with E-state index in [0.717, 1.165) is 25.9 Å². The van der Waals surface area contributed by atoms with E-state index in [2.05, 4.69) is 15.2 Å². The van der Waals surface area contributed by atoms with Crippen LogP contribution >= 0.6 is 0 Å². The molecule has 4 heteroatoms. The van der Waals surface area contributed by atoms with Crippen molar-refractivity contribution in [2.45, 2.75) is 18.9 Å². The standard InChI is InChI=1S/C11H16FN3/c1-13-8-9-4-3-7-15(9)11-10(12)5-2-6-14-11/h2,5-6,9,13H,3-4,7-8H2,1H3. The van der Waals surface area contributed by atoms with Gasteiger partial charge in [0.2, 0.25) is 0 Å². The first-order valence-electron chi connectivity index (χ1n) is 5.34. The van der Waals surface area contributed by atoms with E-state index in [1.54, 1.807) is 12.3 Å². The number of aromatic nitrogens is 1. The predicted octanol–water partition coefficient (Wildman–Crippen LogP) is 1.41. The van der Waals surface area contributed by atoms with Crippen LogP contribution in [0.5, 0.6) is 0 Å². The van der Waals surface area contributed by atoms with Crippen molar-refractivity contribution in [3.63, 3.8) is 0 Å². The van der Waals surface area contributed by atoms with E-state index in [9.17, 15) is 4.39 Å². The van der Waals surface area contributed by atoms with Gasteiger partial charge in [0.25, 0.3) is 0 Å². The van der Waals surface area contributed by atoms with Crippen LogP contribution in [0.3, 0.4) is 0 Å². The zero-order valence-corrected chi connectivity index (χ0v) is 8.91. The summed E-state index contributed by atoms with van der Waals surface area (Å²) >= 11 is 0. The zero-order valence-electron chi connectivity index (χ0n) is 8.91. The summed E-state index contributed by atoms with van der Waals surface area (Å²) in [5.41, 5.74) is 0. The molecular weight excluding hydrogens is 193 g/mol. The molecule has 0 amide bonds. The minimum absolute atomic E-state index is 0.222. The van der Waals surface area contributed by atoms with Gasteiger partial charge in [-0.05, 0) is 32.0 Å². The van der Waals surface area contributed by atoms with Gasteiger partial charge in [0.15, 0.2) is 11.6 Å². The molecule has 1 aromatic heterocycles. The average molecular weight is 209 g/mol. The number of hydrogen-bond acceptors (Lipinski definition) is 3. The SMILES string of the molecule is CNCC1CCCN1c1ncccc1F. The minimum atomic E-state index is -0.222. The number of nitrogens with one attached hydrogen (secondary N) is 1. The van der Waals surface area contributed by atoms with Crippen LogP contribution in [0.2, 0.25) is 0 Å². The van der Waals surface area contributed by atoms with Crippen LogP contribution in [0, 0.1) is 5.82 Å². The molecule has 0 spiro atoms. The highest BCUT2D eigenvalue weighted by Crippen LogP contribution is 2.25. The highest BCUT2D eigenvalue weighted by molar-refractivity contribution is 5.42. The number of nitrogens with zero attached hydrogens (tertiary/aromatic N) is 2. The molecule has 1 N–H and O–H groups in total. The van der Waals surface area contributed by atoms with E-state index in [0.29, 0.717) is 11.9 Å². The van der Waals surface area contributed by atoms with E-state index in [4.69, 9.17) is 0 Å². The van der Waals surface area contributed by atoms with Gasteiger partial charge in [0.1, 0.15) is 0 Å². The molecule has 0 saturated carbocycles. The third kappa shape index (κ3) is 2.09. The third-order valence-corrected chi connectivity index (χ3v) is 2.83. The fraction of sp³-hybridized carbons (Fsp3) is 0.545. The Bertz CT molecular complexity index is 329. The van der Waals surface area contributed by atoms with E-state index < -0.39 is 0 Å². The molecule has 2 rings (SSSR count). The number of likely N-dealkylation sites (N-methyl/N-ethyl adjacent to an activating group) is 1. The Morgan fingerprint density at radius 1 is 1.67 bits per heavy atom. The van der Waals surface area contributed by atoms with Crippen LogP contribution in [0.15, 0.2) is 18.3 Å². The molecule has 1 aromatic rings. The number of anilines is 1. The van der Waals surface area contributed by atoms with Gasteiger partial charge in [-0.25, -0.2) is 9.37 Å². The summed E-state index contributed by atoms with van der Waals surface area (Å²) in [7, 11) is 1.92. The zero-order chi connectivity index (χ0) is 10.7. The summed E-state index contributed by atoms with van der Waals surface area (Å²) in [6, 6.07) is 3.47. The molecule has 1 aliphatic heterocycles. The quantitative estimate of drug-likeness (QED) is 0.815.